The number of amides is 1. The first kappa shape index (κ1) is 52.8. The summed E-state index contributed by atoms with van der Waals surface area (Å²) >= 11 is 0. The van der Waals surface area contributed by atoms with E-state index in [0.29, 0.717) is 6.42 Å². The zero-order valence-electron chi connectivity index (χ0n) is 35.2. The van der Waals surface area contributed by atoms with Gasteiger partial charge in [0.25, 0.3) is 0 Å². The van der Waals surface area contributed by atoms with E-state index < -0.39 is 26.5 Å². The van der Waals surface area contributed by atoms with Gasteiger partial charge in [-0.15, -0.1) is 0 Å². The molecule has 1 amide bonds. The first-order chi connectivity index (χ1) is 26.3. The fraction of sp³-hybridized carbons (Fsp3) is 0.909. The molecule has 10 heteroatoms. The van der Waals surface area contributed by atoms with Crippen molar-refractivity contribution in [3.8, 4) is 0 Å². The van der Waals surface area contributed by atoms with Crippen LogP contribution in [0.25, 0.3) is 0 Å². The molecule has 0 saturated carbocycles. The molecule has 0 bridgehead atoms. The average Bonchev–Trinajstić information content (AvgIpc) is 3.16. The molecule has 0 aromatic rings. The number of hydrogen-bond donors (Lipinski definition) is 3. The van der Waals surface area contributed by atoms with Gasteiger partial charge in [0.15, 0.2) is 0 Å². The van der Waals surface area contributed by atoms with Gasteiger partial charge in [-0.2, -0.15) is 0 Å². The number of esters is 1. The molecule has 0 aliphatic carbocycles. The Morgan fingerprint density at radius 3 is 1.39 bits per heavy atom. The predicted molar refractivity (Wildman–Crippen MR) is 225 cm³/mol. The Balaban J connectivity index is 3.56. The lowest BCUT2D eigenvalue weighted by Gasteiger charge is -2.15. The second-order valence-corrected chi connectivity index (χ2v) is 16.8. The van der Waals surface area contributed by atoms with E-state index in [1.807, 2.05) is 0 Å². The molecule has 54 heavy (non-hydrogen) atoms. The number of carbonyl (C=O) groups is 2. The highest BCUT2D eigenvalue weighted by Crippen LogP contribution is 2.42. The van der Waals surface area contributed by atoms with Crippen LogP contribution in [-0.2, 0) is 27.9 Å². The molecule has 2 atom stereocenters. The van der Waals surface area contributed by atoms with Crippen molar-refractivity contribution in [3.05, 3.63) is 12.2 Å². The summed E-state index contributed by atoms with van der Waals surface area (Å²) in [4.78, 5) is 33.9. The van der Waals surface area contributed by atoms with E-state index in [9.17, 15) is 24.2 Å². The molecule has 0 spiro atoms. The average molecular weight is 788 g/mol. The van der Waals surface area contributed by atoms with Crippen LogP contribution in [0.2, 0.25) is 0 Å². The molecule has 0 aromatic carbocycles. The van der Waals surface area contributed by atoms with Gasteiger partial charge in [-0.3, -0.25) is 18.6 Å². The number of carbonyl (C=O) groups excluding carboxylic acids is 2. The lowest BCUT2D eigenvalue weighted by molar-refractivity contribution is -0.147. The lowest BCUT2D eigenvalue weighted by Crippen LogP contribution is -2.27. The van der Waals surface area contributed by atoms with E-state index in [1.165, 1.54) is 161 Å². The third kappa shape index (κ3) is 41.9. The number of aliphatic hydroxyl groups excluding tert-OH is 1. The number of allylic oxidation sites excluding steroid dienone is 2. The topological polar surface area (TPSA) is 131 Å². The lowest BCUT2D eigenvalue weighted by atomic mass is 10.0. The number of aliphatic hydroxyl groups is 1. The van der Waals surface area contributed by atoms with E-state index in [1.54, 1.807) is 0 Å². The summed E-state index contributed by atoms with van der Waals surface area (Å²) in [5.74, 6) is -0.511. The van der Waals surface area contributed by atoms with Crippen molar-refractivity contribution in [1.82, 2.24) is 5.32 Å². The number of phosphoric ester groups is 1. The fourth-order valence-electron chi connectivity index (χ4n) is 6.49. The Morgan fingerprint density at radius 2 is 0.944 bits per heavy atom. The molecule has 0 saturated heterocycles. The Kier molecular flexibility index (Phi) is 40.4. The Bertz CT molecular complexity index is 902. The van der Waals surface area contributed by atoms with Gasteiger partial charge in [-0.1, -0.05) is 187 Å². The summed E-state index contributed by atoms with van der Waals surface area (Å²) in [5.41, 5.74) is 0. The number of hydrogen-bond acceptors (Lipinski definition) is 7. The van der Waals surface area contributed by atoms with Crippen molar-refractivity contribution in [2.75, 3.05) is 26.4 Å². The van der Waals surface area contributed by atoms with Crippen molar-refractivity contribution in [2.45, 2.75) is 232 Å². The normalized spacial score (nSPS) is 13.3. The molecular weight excluding hydrogens is 701 g/mol. The first-order valence-corrected chi connectivity index (χ1v) is 24.2. The Labute approximate surface area is 332 Å². The predicted octanol–water partition coefficient (Wildman–Crippen LogP) is 12.6. The third-order valence-corrected chi connectivity index (χ3v) is 10.9. The second-order valence-electron chi connectivity index (χ2n) is 15.4. The van der Waals surface area contributed by atoms with E-state index >= 15 is 0 Å². The highest BCUT2D eigenvalue weighted by Gasteiger charge is 2.23. The van der Waals surface area contributed by atoms with Gasteiger partial charge >= 0.3 is 13.8 Å². The molecule has 0 aliphatic heterocycles. The molecule has 3 N–H and O–H groups in total. The summed E-state index contributed by atoms with van der Waals surface area (Å²) in [7, 11) is -4.41. The van der Waals surface area contributed by atoms with Crippen LogP contribution < -0.4 is 5.32 Å². The number of phosphoric acid groups is 1. The molecule has 0 rings (SSSR count). The SMILES string of the molecule is CCCCCCCC/C=C\CCCCCCCCCC(=O)NCCOP(=O)(O)OCC(O)COC(=O)CCCCCCCCCCCCCCCCCC. The maximum absolute atomic E-state index is 12.1. The zero-order valence-corrected chi connectivity index (χ0v) is 36.1. The number of unbranched alkanes of at least 4 members (excludes halogenated alkanes) is 28. The molecule has 0 fully saturated rings. The van der Waals surface area contributed by atoms with Gasteiger partial charge in [-0.05, 0) is 38.5 Å². The number of rotatable bonds is 43. The van der Waals surface area contributed by atoms with Gasteiger partial charge in [0.05, 0.1) is 13.2 Å². The van der Waals surface area contributed by atoms with Crippen LogP contribution in [0, 0.1) is 0 Å². The molecule has 0 aliphatic rings. The monoisotopic (exact) mass is 788 g/mol. The van der Waals surface area contributed by atoms with Crippen LogP contribution in [0.5, 0.6) is 0 Å². The summed E-state index contributed by atoms with van der Waals surface area (Å²) < 4.78 is 26.9. The van der Waals surface area contributed by atoms with Crippen molar-refractivity contribution in [2.24, 2.45) is 0 Å². The molecule has 9 nitrogen and oxygen atoms in total. The zero-order chi connectivity index (χ0) is 39.6. The molecule has 320 valence electrons. The van der Waals surface area contributed by atoms with Crippen molar-refractivity contribution in [3.63, 3.8) is 0 Å². The van der Waals surface area contributed by atoms with Crippen molar-refractivity contribution in [1.29, 1.82) is 0 Å². The van der Waals surface area contributed by atoms with E-state index in [-0.39, 0.29) is 32.1 Å². The van der Waals surface area contributed by atoms with E-state index in [4.69, 9.17) is 13.8 Å². The molecule has 0 aromatic heterocycles. The summed E-state index contributed by atoms with van der Waals surface area (Å²) in [5, 5.41) is 12.7. The Morgan fingerprint density at radius 1 is 0.556 bits per heavy atom. The molecule has 0 heterocycles. The summed E-state index contributed by atoms with van der Waals surface area (Å²) in [6, 6.07) is 0. The van der Waals surface area contributed by atoms with Gasteiger partial charge in [0, 0.05) is 19.4 Å². The van der Waals surface area contributed by atoms with Gasteiger partial charge in [0.2, 0.25) is 5.91 Å². The first-order valence-electron chi connectivity index (χ1n) is 22.7. The summed E-state index contributed by atoms with van der Waals surface area (Å²) in [6.07, 6.45) is 42.8. The fourth-order valence-corrected chi connectivity index (χ4v) is 7.25. The van der Waals surface area contributed by atoms with Crippen LogP contribution in [0.15, 0.2) is 12.2 Å². The standard InChI is InChI=1S/C44H86NO8P/c1-3-5-7-9-11-13-15-17-19-21-22-24-26-28-30-32-34-36-43(47)45-38-39-52-54(49,50)53-41-42(46)40-51-44(48)37-35-33-31-29-27-25-23-20-18-16-14-12-10-8-6-4-2/h17,19,42,46H,3-16,18,20-41H2,1-2H3,(H,45,47)(H,49,50)/b19-17-. The third-order valence-electron chi connectivity index (χ3n) is 9.95. The van der Waals surface area contributed by atoms with Crippen LogP contribution in [0.3, 0.4) is 0 Å². The Hall–Kier alpha value is -1.25. The van der Waals surface area contributed by atoms with Crippen molar-refractivity contribution < 1.29 is 37.9 Å². The van der Waals surface area contributed by atoms with Crippen LogP contribution in [0.4, 0.5) is 0 Å². The minimum Gasteiger partial charge on any atom is -0.463 e. The number of ether oxygens (including phenoxy) is 1. The van der Waals surface area contributed by atoms with E-state index in [2.05, 4.69) is 31.3 Å². The van der Waals surface area contributed by atoms with E-state index in [0.717, 1.165) is 38.5 Å². The molecule has 0 radical (unpaired) electrons. The van der Waals surface area contributed by atoms with Gasteiger partial charge in [-0.25, -0.2) is 4.57 Å². The van der Waals surface area contributed by atoms with Gasteiger partial charge < -0.3 is 20.1 Å². The minimum atomic E-state index is -4.41. The quantitative estimate of drug-likeness (QED) is 0.0241. The highest BCUT2D eigenvalue weighted by molar-refractivity contribution is 7.47. The maximum atomic E-state index is 12.1. The van der Waals surface area contributed by atoms with Crippen LogP contribution in [-0.4, -0.2) is 54.3 Å². The summed E-state index contributed by atoms with van der Waals surface area (Å²) in [6.45, 7) is 3.58. The van der Waals surface area contributed by atoms with Crippen molar-refractivity contribution >= 4 is 19.7 Å². The van der Waals surface area contributed by atoms with Crippen LogP contribution in [0.1, 0.15) is 226 Å². The second kappa shape index (κ2) is 41.4. The smallest absolute Gasteiger partial charge is 0.463 e. The van der Waals surface area contributed by atoms with Crippen LogP contribution >= 0.6 is 7.82 Å². The van der Waals surface area contributed by atoms with Gasteiger partial charge in [0.1, 0.15) is 12.7 Å². The highest BCUT2D eigenvalue weighted by atomic mass is 31.2. The largest absolute Gasteiger partial charge is 0.472 e. The maximum Gasteiger partial charge on any atom is 0.472 e. The number of nitrogens with one attached hydrogen (secondary N) is 1. The molecular formula is C44H86NO8P. The molecule has 2 unspecified atom stereocenters. The minimum absolute atomic E-state index is 0.0830.